The number of ether oxygens (including phenoxy) is 3. The third-order valence-electron chi connectivity index (χ3n) is 15.5. The van der Waals surface area contributed by atoms with Crippen molar-refractivity contribution in [1.29, 1.82) is 0 Å². The lowest BCUT2D eigenvalue weighted by atomic mass is 9.83. The van der Waals surface area contributed by atoms with Crippen LogP contribution in [0.4, 0.5) is 0 Å². The average molecular weight is 1270 g/mol. The molecule has 6 aromatic carbocycles. The van der Waals surface area contributed by atoms with Crippen molar-refractivity contribution >= 4 is 72.8 Å². The number of phenolic OH excluding ortho intramolecular Hbond substituents is 1. The van der Waals surface area contributed by atoms with Crippen molar-refractivity contribution in [3.8, 4) is 11.5 Å². The first-order valence-corrected chi connectivity index (χ1v) is 31.7. The molecular weight excluding hydrogens is 1180 g/mol. The first kappa shape index (κ1) is 69.4. The predicted octanol–water partition coefficient (Wildman–Crippen LogP) is 14.4. The molecule has 14 nitrogen and oxygen atoms in total. The highest BCUT2D eigenvalue weighted by molar-refractivity contribution is 9.09. The molecule has 0 aliphatic heterocycles. The average Bonchev–Trinajstić information content (AvgIpc) is 1.81. The van der Waals surface area contributed by atoms with E-state index in [0.717, 1.165) is 79.1 Å². The van der Waals surface area contributed by atoms with Crippen molar-refractivity contribution in [2.24, 2.45) is 11.7 Å². The Hall–Kier alpha value is -8.66. The van der Waals surface area contributed by atoms with E-state index in [1.165, 1.54) is 59.2 Å². The number of alkyl halides is 1. The van der Waals surface area contributed by atoms with Gasteiger partial charge in [0.15, 0.2) is 12.4 Å². The van der Waals surface area contributed by atoms with Gasteiger partial charge in [0.05, 0.1) is 31.2 Å². The second-order valence-electron chi connectivity index (χ2n) is 21.4. The number of nitrogens with zero attached hydrogens (tertiary/aromatic N) is 3. The minimum absolute atomic E-state index is 0.00796. The number of phenols is 1. The van der Waals surface area contributed by atoms with Gasteiger partial charge in [-0.05, 0) is 103 Å². The number of hydrogen-bond donors (Lipinski definition) is 2. The number of halogens is 1. The number of carbonyl (C=O) groups excluding carboxylic acids is 6. The van der Waals surface area contributed by atoms with Crippen molar-refractivity contribution in [1.82, 2.24) is 13.7 Å². The fourth-order valence-corrected chi connectivity index (χ4v) is 10.9. The zero-order chi connectivity index (χ0) is 64.1. The van der Waals surface area contributed by atoms with Gasteiger partial charge in [-0.25, -0.2) is 4.79 Å². The lowest BCUT2D eigenvalue weighted by Crippen LogP contribution is -2.30. The molecule has 0 radical (unpaired) electrons. The number of hydrogen-bond acceptors (Lipinski definition) is 11. The Morgan fingerprint density at radius 3 is 1.44 bits per heavy atom. The molecule has 0 bridgehead atoms. The van der Waals surface area contributed by atoms with E-state index in [1.54, 1.807) is 13.0 Å². The van der Waals surface area contributed by atoms with Crippen LogP contribution in [0.2, 0.25) is 0 Å². The van der Waals surface area contributed by atoms with Gasteiger partial charge in [0.1, 0.15) is 34.2 Å². The number of benzene rings is 6. The zero-order valence-electron chi connectivity index (χ0n) is 52.3. The fraction of sp³-hybridized carbons (Fsp3) is 0.324. The maximum absolute atomic E-state index is 12.0. The van der Waals surface area contributed by atoms with Crippen LogP contribution in [0.25, 0.3) is 21.8 Å². The summed E-state index contributed by atoms with van der Waals surface area (Å²) < 4.78 is 21.4. The van der Waals surface area contributed by atoms with Crippen LogP contribution in [0.5, 0.6) is 11.5 Å². The summed E-state index contributed by atoms with van der Waals surface area (Å²) in [5.74, 6) is 0.0773. The number of aryl methyl sites for hydroxylation is 3. The van der Waals surface area contributed by atoms with Crippen LogP contribution in [-0.4, -0.2) is 80.0 Å². The van der Waals surface area contributed by atoms with Crippen molar-refractivity contribution in [2.45, 2.75) is 125 Å². The Bertz CT molecular complexity index is 3680. The lowest BCUT2D eigenvalue weighted by Gasteiger charge is -2.17. The number of fused-ring (bicyclic) bond motifs is 3. The Balaban J connectivity index is 0.000000179. The molecular formula is C74H85BrN4O10. The van der Waals surface area contributed by atoms with Gasteiger partial charge in [0.2, 0.25) is 0 Å². The van der Waals surface area contributed by atoms with Crippen molar-refractivity contribution in [2.75, 3.05) is 26.2 Å². The number of rotatable bonds is 17. The summed E-state index contributed by atoms with van der Waals surface area (Å²) in [6, 6.07) is 59.3. The Morgan fingerprint density at radius 2 is 0.989 bits per heavy atom. The maximum atomic E-state index is 12.0. The number of esters is 2. The second-order valence-corrected chi connectivity index (χ2v) is 22.0. The summed E-state index contributed by atoms with van der Waals surface area (Å²) in [6.07, 6.45) is 7.75. The van der Waals surface area contributed by atoms with Crippen molar-refractivity contribution in [3.63, 3.8) is 0 Å². The van der Waals surface area contributed by atoms with Gasteiger partial charge < -0.3 is 38.8 Å². The number of aromatic nitrogens is 3. The summed E-state index contributed by atoms with van der Waals surface area (Å²) >= 11 is 2.90. The molecule has 1 saturated carbocycles. The molecule has 468 valence electrons. The van der Waals surface area contributed by atoms with E-state index in [-0.39, 0.29) is 47.6 Å². The second kappa shape index (κ2) is 36.6. The van der Waals surface area contributed by atoms with Gasteiger partial charge in [-0.2, -0.15) is 0 Å². The molecule has 3 N–H and O–H groups in total. The Kier molecular flexibility index (Phi) is 28.6. The van der Waals surface area contributed by atoms with E-state index >= 15 is 0 Å². The third-order valence-corrected chi connectivity index (χ3v) is 15.9. The molecule has 1 fully saturated rings. The van der Waals surface area contributed by atoms with Crippen LogP contribution < -0.4 is 10.5 Å². The highest BCUT2D eigenvalue weighted by Crippen LogP contribution is 2.32. The summed E-state index contributed by atoms with van der Waals surface area (Å²) in [4.78, 5) is 66.9. The molecule has 2 aliphatic carbocycles. The van der Waals surface area contributed by atoms with Gasteiger partial charge in [0, 0.05) is 97.4 Å². The largest absolute Gasteiger partial charge is 0.507 e. The SMILES string of the molecule is CCC(=O)CC1C(=O)CCCC1=O.CCc1cc2c(O)cccc2n1Cc1ccccc1.CCc1cc2c(OCC(=O)OC)cccc2n1Cc1ccccc1.CCc1cc2c(n1Cc1ccccc1)CCCC2=O.COC(=O)CBr.NCc1ccccc1. The molecule has 15 heteroatoms. The number of nitrogens with two attached hydrogens (primary N) is 1. The van der Waals surface area contributed by atoms with Crippen molar-refractivity contribution < 1.29 is 48.1 Å². The minimum Gasteiger partial charge on any atom is -0.507 e. The Morgan fingerprint density at radius 1 is 0.539 bits per heavy atom. The maximum Gasteiger partial charge on any atom is 0.343 e. The highest BCUT2D eigenvalue weighted by atomic mass is 79.9. The van der Waals surface area contributed by atoms with E-state index < -0.39 is 5.92 Å². The normalized spacial score (nSPS) is 12.5. The van der Waals surface area contributed by atoms with Gasteiger partial charge in [-0.3, -0.25) is 24.0 Å². The molecule has 0 spiro atoms. The van der Waals surface area contributed by atoms with E-state index in [4.69, 9.17) is 10.5 Å². The number of ketones is 4. The summed E-state index contributed by atoms with van der Waals surface area (Å²) in [5.41, 5.74) is 18.6. The smallest absolute Gasteiger partial charge is 0.343 e. The number of aromatic hydroxyl groups is 1. The molecule has 0 unspecified atom stereocenters. The summed E-state index contributed by atoms with van der Waals surface area (Å²) in [7, 11) is 2.71. The molecule has 89 heavy (non-hydrogen) atoms. The van der Waals surface area contributed by atoms with Gasteiger partial charge in [-0.15, -0.1) is 0 Å². The van der Waals surface area contributed by atoms with Crippen molar-refractivity contribution in [3.05, 3.63) is 227 Å². The number of carbonyl (C=O) groups is 6. The highest BCUT2D eigenvalue weighted by Gasteiger charge is 2.31. The van der Waals surface area contributed by atoms with E-state index in [9.17, 15) is 33.9 Å². The summed E-state index contributed by atoms with van der Waals surface area (Å²) in [5, 5.41) is 12.2. The molecule has 3 aromatic heterocycles. The molecule has 11 rings (SSSR count). The molecule has 0 saturated heterocycles. The van der Waals surface area contributed by atoms with Crippen LogP contribution >= 0.6 is 15.9 Å². The lowest BCUT2D eigenvalue weighted by molar-refractivity contribution is -0.143. The van der Waals surface area contributed by atoms with E-state index in [0.29, 0.717) is 55.9 Å². The molecule has 3 heterocycles. The Labute approximate surface area is 532 Å². The van der Waals surface area contributed by atoms with Gasteiger partial charge >= 0.3 is 11.9 Å². The monoisotopic (exact) mass is 1270 g/mol. The summed E-state index contributed by atoms with van der Waals surface area (Å²) in [6.45, 7) is 11.3. The molecule has 0 amide bonds. The van der Waals surface area contributed by atoms with E-state index in [2.05, 4.69) is 163 Å². The zero-order valence-corrected chi connectivity index (χ0v) is 53.8. The first-order valence-electron chi connectivity index (χ1n) is 30.6. The van der Waals surface area contributed by atoms with Gasteiger partial charge in [0.25, 0.3) is 0 Å². The fourth-order valence-electron chi connectivity index (χ4n) is 10.6. The minimum atomic E-state index is -0.610. The molecule has 2 aliphatic rings. The number of Topliss-reactive ketones (excluding diaryl/α,β-unsaturated/α-hetero) is 4. The topological polar surface area (TPSA) is 191 Å². The van der Waals surface area contributed by atoms with Gasteiger partial charge in [-0.1, -0.05) is 177 Å². The quantitative estimate of drug-likeness (QED) is 0.0501. The van der Waals surface area contributed by atoms with Crippen LogP contribution in [0.15, 0.2) is 176 Å². The predicted molar refractivity (Wildman–Crippen MR) is 357 cm³/mol. The van der Waals surface area contributed by atoms with Crippen LogP contribution in [0.1, 0.15) is 128 Å². The van der Waals surface area contributed by atoms with Crippen LogP contribution in [-0.2, 0) is 85.3 Å². The van der Waals surface area contributed by atoms with Crippen LogP contribution in [0, 0.1) is 5.92 Å². The number of methoxy groups -OCH3 is 2. The molecule has 0 atom stereocenters. The van der Waals surface area contributed by atoms with Crippen LogP contribution in [0.3, 0.4) is 0 Å². The molecule has 9 aromatic rings. The first-order chi connectivity index (χ1) is 43.2. The third kappa shape index (κ3) is 20.4. The standard InChI is InChI=1S/C20H21NO3.C17H19NO.C17H17NO.C10H14O3.C7H9N.C3H5BrO2/c1-3-16-12-17-18(21(16)13-15-8-5-4-6-9-15)10-7-11-19(17)24-14-20(22)23-2;2*1-2-14-11-15-16(9-6-10-17(15)19)18(14)12-13-7-4-3-5-8-13;1-2-7(11)6-8-9(12)4-3-5-10(8)13;8-6-7-4-2-1-3-5-7;1-6-3(5)2-4/h4-12H,3,13-14H2,1-2H3;3-5,7-8,11H,2,6,9-10,12H2,1H3;3-11,19H,2,12H2,1H3;8H,2-6H2,1H3;1-5H,6,8H2;2H2,1H3. The van der Waals surface area contributed by atoms with E-state index in [1.807, 2.05) is 66.7 Å².